The molecule has 2 N–H and O–H groups in total. The van der Waals surface area contributed by atoms with Crippen LogP contribution in [0.2, 0.25) is 0 Å². The molecule has 0 radical (unpaired) electrons. The molecule has 2 amide bonds. The molecular weight excluding hydrogens is 336 g/mol. The smallest absolute Gasteiger partial charge is 0.337 e. The molecule has 0 aliphatic carbocycles. The number of para-hydroxylation sites is 2. The first kappa shape index (κ1) is 17.5. The third-order valence-corrected chi connectivity index (χ3v) is 4.01. The summed E-state index contributed by atoms with van der Waals surface area (Å²) in [4.78, 5) is 36.1. The normalized spacial score (nSPS) is 15.3. The molecule has 0 unspecified atom stereocenters. The largest absolute Gasteiger partial charge is 0.478 e. The number of anilines is 2. The Morgan fingerprint density at radius 1 is 1.23 bits per heavy atom. The van der Waals surface area contributed by atoms with Gasteiger partial charge in [0.15, 0.2) is 6.10 Å². The van der Waals surface area contributed by atoms with Crippen molar-refractivity contribution in [1.29, 1.82) is 0 Å². The van der Waals surface area contributed by atoms with Gasteiger partial charge in [0, 0.05) is 5.69 Å². The Morgan fingerprint density at radius 3 is 2.77 bits per heavy atom. The zero-order valence-corrected chi connectivity index (χ0v) is 14.4. The van der Waals surface area contributed by atoms with Crippen molar-refractivity contribution >= 4 is 29.2 Å². The summed E-state index contributed by atoms with van der Waals surface area (Å²) in [6.07, 6.45) is -1.07. The molecule has 0 saturated heterocycles. The van der Waals surface area contributed by atoms with Gasteiger partial charge in [-0.15, -0.1) is 0 Å². The zero-order valence-electron chi connectivity index (χ0n) is 14.4. The second-order valence-corrected chi connectivity index (χ2v) is 5.87. The van der Waals surface area contributed by atoms with Crippen LogP contribution in [0.4, 0.5) is 11.4 Å². The molecule has 3 rings (SSSR count). The van der Waals surface area contributed by atoms with Gasteiger partial charge in [0.05, 0.1) is 24.8 Å². The fourth-order valence-electron chi connectivity index (χ4n) is 2.60. The monoisotopic (exact) mass is 354 g/mol. The Bertz CT molecular complexity index is 878. The van der Waals surface area contributed by atoms with Crippen molar-refractivity contribution in [2.75, 3.05) is 17.7 Å². The molecule has 1 atom stereocenters. The van der Waals surface area contributed by atoms with Crippen LogP contribution in [0.5, 0.6) is 5.75 Å². The van der Waals surface area contributed by atoms with Crippen molar-refractivity contribution in [2.24, 2.45) is 0 Å². The summed E-state index contributed by atoms with van der Waals surface area (Å²) in [5.41, 5.74) is 2.17. The van der Waals surface area contributed by atoms with E-state index in [-0.39, 0.29) is 12.3 Å². The summed E-state index contributed by atoms with van der Waals surface area (Å²) in [5.74, 6) is -0.741. The maximum absolute atomic E-state index is 12.4. The van der Waals surface area contributed by atoms with Crippen molar-refractivity contribution in [3.63, 3.8) is 0 Å². The molecule has 0 fully saturated rings. The number of benzene rings is 2. The number of hydrogen-bond acceptors (Lipinski definition) is 5. The Kier molecular flexibility index (Phi) is 4.88. The molecule has 0 aromatic heterocycles. The number of ether oxygens (including phenoxy) is 2. The molecule has 0 spiro atoms. The van der Waals surface area contributed by atoms with Gasteiger partial charge in [-0.2, -0.15) is 0 Å². The summed E-state index contributed by atoms with van der Waals surface area (Å²) in [6.45, 7) is 1.80. The highest BCUT2D eigenvalue weighted by Crippen LogP contribution is 2.29. The Hall–Kier alpha value is -3.35. The minimum Gasteiger partial charge on any atom is -0.478 e. The number of nitrogens with one attached hydrogen (secondary N) is 2. The summed E-state index contributed by atoms with van der Waals surface area (Å²) in [7, 11) is 1.29. The topological polar surface area (TPSA) is 93.7 Å². The number of carbonyl (C=O) groups is 3. The molecule has 1 aliphatic rings. The molecular formula is C19H18N2O5. The molecule has 2 aromatic carbocycles. The Morgan fingerprint density at radius 2 is 2.00 bits per heavy atom. The third kappa shape index (κ3) is 3.66. The lowest BCUT2D eigenvalue weighted by Crippen LogP contribution is -2.39. The number of methoxy groups -OCH3 is 1. The first-order valence-corrected chi connectivity index (χ1v) is 8.03. The van der Waals surface area contributed by atoms with Gasteiger partial charge >= 0.3 is 5.97 Å². The van der Waals surface area contributed by atoms with Gasteiger partial charge in [0.25, 0.3) is 5.91 Å². The van der Waals surface area contributed by atoms with Crippen molar-refractivity contribution < 1.29 is 23.9 Å². The van der Waals surface area contributed by atoms with Gasteiger partial charge in [-0.25, -0.2) is 4.79 Å². The molecule has 1 heterocycles. The number of esters is 1. The maximum atomic E-state index is 12.4. The van der Waals surface area contributed by atoms with E-state index < -0.39 is 18.0 Å². The number of fused-ring (bicyclic) bond motifs is 1. The maximum Gasteiger partial charge on any atom is 0.337 e. The van der Waals surface area contributed by atoms with Crippen LogP contribution in [-0.2, 0) is 14.3 Å². The van der Waals surface area contributed by atoms with Crippen LogP contribution >= 0.6 is 0 Å². The second-order valence-electron chi connectivity index (χ2n) is 5.87. The van der Waals surface area contributed by atoms with E-state index in [4.69, 9.17) is 4.74 Å². The van der Waals surface area contributed by atoms with Gasteiger partial charge in [-0.3, -0.25) is 9.59 Å². The van der Waals surface area contributed by atoms with Crippen molar-refractivity contribution in [1.82, 2.24) is 0 Å². The number of amides is 2. The van der Waals surface area contributed by atoms with Crippen LogP contribution < -0.4 is 15.4 Å². The Balaban J connectivity index is 1.70. The molecule has 7 nitrogen and oxygen atoms in total. The fourth-order valence-corrected chi connectivity index (χ4v) is 2.60. The van der Waals surface area contributed by atoms with Gasteiger partial charge < -0.3 is 20.1 Å². The molecule has 26 heavy (non-hydrogen) atoms. The van der Waals surface area contributed by atoms with Crippen LogP contribution in [0.15, 0.2) is 42.5 Å². The van der Waals surface area contributed by atoms with E-state index in [9.17, 15) is 14.4 Å². The summed E-state index contributed by atoms with van der Waals surface area (Å²) >= 11 is 0. The van der Waals surface area contributed by atoms with Gasteiger partial charge in [0.2, 0.25) is 5.91 Å². The van der Waals surface area contributed by atoms with E-state index in [0.29, 0.717) is 22.7 Å². The van der Waals surface area contributed by atoms with Crippen molar-refractivity contribution in [3.8, 4) is 5.75 Å². The van der Waals surface area contributed by atoms with E-state index in [1.165, 1.54) is 13.2 Å². The number of rotatable bonds is 4. The fraction of sp³-hybridized carbons (Fsp3) is 0.211. The molecule has 7 heteroatoms. The highest BCUT2D eigenvalue weighted by Gasteiger charge is 2.29. The van der Waals surface area contributed by atoms with Crippen molar-refractivity contribution in [2.45, 2.75) is 19.4 Å². The number of hydrogen-bond donors (Lipinski definition) is 2. The van der Waals surface area contributed by atoms with Crippen LogP contribution in [-0.4, -0.2) is 31.0 Å². The first-order valence-electron chi connectivity index (χ1n) is 8.03. The average Bonchev–Trinajstić information content (AvgIpc) is 2.63. The third-order valence-electron chi connectivity index (χ3n) is 4.01. The van der Waals surface area contributed by atoms with E-state index in [0.717, 1.165) is 5.56 Å². The van der Waals surface area contributed by atoms with Crippen molar-refractivity contribution in [3.05, 3.63) is 53.6 Å². The first-order chi connectivity index (χ1) is 12.5. The molecule has 134 valence electrons. The minimum atomic E-state index is -0.922. The highest BCUT2D eigenvalue weighted by atomic mass is 16.5. The standard InChI is InChI=1S/C19H18N2O5/c1-11-7-8-12(19(24)25-2)9-14(11)20-17(22)10-16-18(23)21-13-5-3-4-6-15(13)26-16/h3-9,16H,10H2,1-2H3,(H,20,22)(H,21,23)/t16-/m1/s1. The van der Waals surface area contributed by atoms with E-state index in [1.54, 1.807) is 43.3 Å². The predicted octanol–water partition coefficient (Wildman–Crippen LogP) is 2.51. The molecule has 0 saturated carbocycles. The number of carbonyl (C=O) groups excluding carboxylic acids is 3. The van der Waals surface area contributed by atoms with E-state index in [2.05, 4.69) is 15.4 Å². The van der Waals surface area contributed by atoms with Crippen LogP contribution in [0.3, 0.4) is 0 Å². The van der Waals surface area contributed by atoms with Crippen LogP contribution in [0.1, 0.15) is 22.3 Å². The van der Waals surface area contributed by atoms with Gasteiger partial charge in [-0.1, -0.05) is 18.2 Å². The zero-order chi connectivity index (χ0) is 18.7. The quantitative estimate of drug-likeness (QED) is 0.823. The summed E-state index contributed by atoms with van der Waals surface area (Å²) in [6, 6.07) is 11.9. The lowest BCUT2D eigenvalue weighted by atomic mass is 10.1. The van der Waals surface area contributed by atoms with Gasteiger partial charge in [0.1, 0.15) is 5.75 Å². The highest BCUT2D eigenvalue weighted by molar-refractivity contribution is 6.02. The summed E-state index contributed by atoms with van der Waals surface area (Å²) in [5, 5.41) is 5.43. The Labute approximate surface area is 150 Å². The van der Waals surface area contributed by atoms with E-state index in [1.807, 2.05) is 0 Å². The average molecular weight is 354 g/mol. The minimum absolute atomic E-state index is 0.151. The van der Waals surface area contributed by atoms with Crippen LogP contribution in [0.25, 0.3) is 0 Å². The predicted molar refractivity (Wildman–Crippen MR) is 95.3 cm³/mol. The summed E-state index contributed by atoms with van der Waals surface area (Å²) < 4.78 is 10.3. The van der Waals surface area contributed by atoms with Gasteiger partial charge in [-0.05, 0) is 36.8 Å². The van der Waals surface area contributed by atoms with E-state index >= 15 is 0 Å². The number of aryl methyl sites for hydroxylation is 1. The lowest BCUT2D eigenvalue weighted by molar-refractivity contribution is -0.128. The second kappa shape index (κ2) is 7.26. The van der Waals surface area contributed by atoms with Crippen LogP contribution in [0, 0.1) is 6.92 Å². The SMILES string of the molecule is COC(=O)c1ccc(C)c(NC(=O)C[C@H]2Oc3ccccc3NC2=O)c1. The molecule has 0 bridgehead atoms. The lowest BCUT2D eigenvalue weighted by Gasteiger charge is -2.25. The molecule has 2 aromatic rings. The molecule has 1 aliphatic heterocycles.